The molecule has 2 aromatic carbocycles. The van der Waals surface area contributed by atoms with Crippen LogP contribution < -0.4 is 5.43 Å². The lowest BCUT2D eigenvalue weighted by Crippen LogP contribution is -1.99. The third kappa shape index (κ3) is 3.55. The number of rotatable bonds is 4. The number of halogens is 2. The third-order valence-corrected chi connectivity index (χ3v) is 2.78. The van der Waals surface area contributed by atoms with Crippen molar-refractivity contribution < 1.29 is 14.3 Å². The Balaban J connectivity index is 2.11. The molecule has 0 aliphatic rings. The molecule has 102 valence electrons. The Kier molecular flexibility index (Phi) is 4.32. The van der Waals surface area contributed by atoms with Crippen LogP contribution in [0.1, 0.15) is 15.9 Å². The number of carbonyl (C=O) groups is 1. The minimum Gasteiger partial charge on any atom is -0.478 e. The van der Waals surface area contributed by atoms with Crippen molar-refractivity contribution in [1.82, 2.24) is 0 Å². The lowest BCUT2D eigenvalue weighted by atomic mass is 10.2. The van der Waals surface area contributed by atoms with Crippen molar-refractivity contribution >= 4 is 29.5 Å². The van der Waals surface area contributed by atoms with E-state index in [1.54, 1.807) is 18.2 Å². The number of benzene rings is 2. The highest BCUT2D eigenvalue weighted by atomic mass is 35.5. The zero-order valence-electron chi connectivity index (χ0n) is 10.2. The molecule has 0 atom stereocenters. The Bertz CT molecular complexity index is 674. The van der Waals surface area contributed by atoms with Crippen LogP contribution in [0.3, 0.4) is 0 Å². The molecule has 2 rings (SSSR count). The Morgan fingerprint density at radius 2 is 2.10 bits per heavy atom. The summed E-state index contributed by atoms with van der Waals surface area (Å²) in [7, 11) is 0. The van der Waals surface area contributed by atoms with Crippen molar-refractivity contribution in [3.8, 4) is 0 Å². The molecule has 0 aromatic heterocycles. The summed E-state index contributed by atoms with van der Waals surface area (Å²) in [5, 5.41) is 13.0. The van der Waals surface area contributed by atoms with E-state index >= 15 is 0 Å². The van der Waals surface area contributed by atoms with Crippen LogP contribution in [0.2, 0.25) is 5.02 Å². The molecule has 2 N–H and O–H groups in total. The van der Waals surface area contributed by atoms with Gasteiger partial charge in [0.05, 0.1) is 22.5 Å². The summed E-state index contributed by atoms with van der Waals surface area (Å²) in [5.41, 5.74) is 3.70. The fourth-order valence-electron chi connectivity index (χ4n) is 1.53. The van der Waals surface area contributed by atoms with Gasteiger partial charge in [0.15, 0.2) is 0 Å². The van der Waals surface area contributed by atoms with Gasteiger partial charge in [-0.15, -0.1) is 0 Å². The predicted molar refractivity (Wildman–Crippen MR) is 76.0 cm³/mol. The van der Waals surface area contributed by atoms with Crippen molar-refractivity contribution in [2.75, 3.05) is 5.43 Å². The molecule has 0 saturated heterocycles. The van der Waals surface area contributed by atoms with E-state index in [0.29, 0.717) is 11.3 Å². The first-order valence-electron chi connectivity index (χ1n) is 5.64. The molecule has 20 heavy (non-hydrogen) atoms. The molecule has 0 saturated carbocycles. The van der Waals surface area contributed by atoms with E-state index in [1.165, 1.54) is 30.5 Å². The molecule has 0 amide bonds. The van der Waals surface area contributed by atoms with Crippen LogP contribution in [0, 0.1) is 5.82 Å². The summed E-state index contributed by atoms with van der Waals surface area (Å²) >= 11 is 5.75. The van der Waals surface area contributed by atoms with E-state index in [-0.39, 0.29) is 16.4 Å². The van der Waals surface area contributed by atoms with Crippen molar-refractivity contribution in [2.24, 2.45) is 5.10 Å². The van der Waals surface area contributed by atoms with Gasteiger partial charge in [0.25, 0.3) is 0 Å². The van der Waals surface area contributed by atoms with E-state index in [1.807, 2.05) is 0 Å². The van der Waals surface area contributed by atoms with Crippen LogP contribution in [-0.2, 0) is 0 Å². The lowest BCUT2D eigenvalue weighted by molar-refractivity contribution is 0.0697. The molecule has 0 radical (unpaired) electrons. The second-order valence-electron chi connectivity index (χ2n) is 3.92. The Morgan fingerprint density at radius 3 is 2.80 bits per heavy atom. The van der Waals surface area contributed by atoms with Crippen molar-refractivity contribution in [3.05, 3.63) is 64.4 Å². The minimum absolute atomic E-state index is 0.0161. The zero-order chi connectivity index (χ0) is 14.5. The molecule has 0 fully saturated rings. The fraction of sp³-hybridized carbons (Fsp3) is 0. The zero-order valence-corrected chi connectivity index (χ0v) is 10.9. The summed E-state index contributed by atoms with van der Waals surface area (Å²) in [4.78, 5) is 10.9. The standard InChI is InChI=1S/C14H10ClFN2O2/c15-13-5-4-11(7-12(13)14(19)20)18-17-8-9-2-1-3-10(16)6-9/h1-8,18H,(H,19,20)/b17-8+. The third-order valence-electron chi connectivity index (χ3n) is 2.45. The Labute approximate surface area is 119 Å². The quantitative estimate of drug-likeness (QED) is 0.668. The van der Waals surface area contributed by atoms with E-state index in [4.69, 9.17) is 16.7 Å². The second kappa shape index (κ2) is 6.16. The highest BCUT2D eigenvalue weighted by molar-refractivity contribution is 6.33. The number of hydrogen-bond donors (Lipinski definition) is 2. The SMILES string of the molecule is O=C(O)c1cc(N/N=C/c2cccc(F)c2)ccc1Cl. The first kappa shape index (κ1) is 14.0. The van der Waals surface area contributed by atoms with Gasteiger partial charge in [0.2, 0.25) is 0 Å². The fourth-order valence-corrected chi connectivity index (χ4v) is 1.73. The first-order chi connectivity index (χ1) is 9.56. The molecular formula is C14H10ClFN2O2. The number of carboxylic acid groups (broad SMARTS) is 1. The minimum atomic E-state index is -1.12. The molecule has 0 aliphatic heterocycles. The van der Waals surface area contributed by atoms with Gasteiger partial charge in [-0.25, -0.2) is 9.18 Å². The molecule has 0 spiro atoms. The molecule has 0 bridgehead atoms. The van der Waals surface area contributed by atoms with Crippen LogP contribution in [0.25, 0.3) is 0 Å². The molecule has 0 unspecified atom stereocenters. The number of nitrogens with zero attached hydrogens (tertiary/aromatic N) is 1. The van der Waals surface area contributed by atoms with Crippen LogP contribution in [-0.4, -0.2) is 17.3 Å². The Hall–Kier alpha value is -2.40. The number of carboxylic acids is 1. The van der Waals surface area contributed by atoms with Gasteiger partial charge < -0.3 is 5.11 Å². The smallest absolute Gasteiger partial charge is 0.337 e. The van der Waals surface area contributed by atoms with Crippen molar-refractivity contribution in [3.63, 3.8) is 0 Å². The molecule has 0 heterocycles. The first-order valence-corrected chi connectivity index (χ1v) is 6.01. The number of anilines is 1. The molecular weight excluding hydrogens is 283 g/mol. The molecule has 6 heteroatoms. The van der Waals surface area contributed by atoms with Gasteiger partial charge in [-0.2, -0.15) is 5.10 Å². The van der Waals surface area contributed by atoms with Crippen LogP contribution >= 0.6 is 11.6 Å². The normalized spacial score (nSPS) is 10.7. The maximum absolute atomic E-state index is 12.9. The van der Waals surface area contributed by atoms with Crippen molar-refractivity contribution in [2.45, 2.75) is 0 Å². The summed E-state index contributed by atoms with van der Waals surface area (Å²) in [6.07, 6.45) is 1.43. The summed E-state index contributed by atoms with van der Waals surface area (Å²) < 4.78 is 12.9. The summed E-state index contributed by atoms with van der Waals surface area (Å²) in [6.45, 7) is 0. The van der Waals surface area contributed by atoms with E-state index in [0.717, 1.165) is 0 Å². The van der Waals surface area contributed by atoms with Gasteiger partial charge >= 0.3 is 5.97 Å². The van der Waals surface area contributed by atoms with Gasteiger partial charge in [0.1, 0.15) is 5.82 Å². The van der Waals surface area contributed by atoms with Gasteiger partial charge in [-0.3, -0.25) is 5.43 Å². The molecule has 2 aromatic rings. The number of aromatic carboxylic acids is 1. The topological polar surface area (TPSA) is 61.7 Å². The largest absolute Gasteiger partial charge is 0.478 e. The van der Waals surface area contributed by atoms with E-state index < -0.39 is 5.97 Å². The monoisotopic (exact) mass is 292 g/mol. The Morgan fingerprint density at radius 1 is 1.30 bits per heavy atom. The van der Waals surface area contributed by atoms with Gasteiger partial charge in [-0.1, -0.05) is 23.7 Å². The van der Waals surface area contributed by atoms with Crippen LogP contribution in [0.5, 0.6) is 0 Å². The average molecular weight is 293 g/mol. The summed E-state index contributed by atoms with van der Waals surface area (Å²) in [6, 6.07) is 10.4. The van der Waals surface area contributed by atoms with Crippen molar-refractivity contribution in [1.29, 1.82) is 0 Å². The van der Waals surface area contributed by atoms with E-state index in [2.05, 4.69) is 10.5 Å². The second-order valence-corrected chi connectivity index (χ2v) is 4.33. The van der Waals surface area contributed by atoms with E-state index in [9.17, 15) is 9.18 Å². The maximum atomic E-state index is 12.9. The maximum Gasteiger partial charge on any atom is 0.337 e. The highest BCUT2D eigenvalue weighted by Crippen LogP contribution is 2.20. The number of nitrogens with one attached hydrogen (secondary N) is 1. The molecule has 4 nitrogen and oxygen atoms in total. The summed E-state index contributed by atoms with van der Waals surface area (Å²) in [5.74, 6) is -1.47. The average Bonchev–Trinajstić information content (AvgIpc) is 2.40. The lowest BCUT2D eigenvalue weighted by Gasteiger charge is -2.03. The van der Waals surface area contributed by atoms with Crippen LogP contribution in [0.15, 0.2) is 47.6 Å². The molecule has 0 aliphatic carbocycles. The number of hydrazone groups is 1. The van der Waals surface area contributed by atoms with Gasteiger partial charge in [0, 0.05) is 0 Å². The van der Waals surface area contributed by atoms with Crippen LogP contribution in [0.4, 0.5) is 10.1 Å². The highest BCUT2D eigenvalue weighted by Gasteiger charge is 2.08. The predicted octanol–water partition coefficient (Wildman–Crippen LogP) is 3.62. The number of hydrogen-bond acceptors (Lipinski definition) is 3. The van der Waals surface area contributed by atoms with Gasteiger partial charge in [-0.05, 0) is 35.9 Å².